The summed E-state index contributed by atoms with van der Waals surface area (Å²) in [6.45, 7) is 2.49. The smallest absolute Gasteiger partial charge is 0.268 e. The summed E-state index contributed by atoms with van der Waals surface area (Å²) in [5.74, 6) is 0. The molecule has 0 spiro atoms. The molecular weight excluding hydrogens is 252 g/mol. The van der Waals surface area contributed by atoms with Crippen LogP contribution in [0.3, 0.4) is 0 Å². The van der Waals surface area contributed by atoms with Crippen LogP contribution in [0.4, 0.5) is 0 Å². The van der Waals surface area contributed by atoms with Crippen LogP contribution in [0.25, 0.3) is 0 Å². The van der Waals surface area contributed by atoms with Crippen molar-refractivity contribution in [3.63, 3.8) is 0 Å². The summed E-state index contributed by atoms with van der Waals surface area (Å²) in [6.07, 6.45) is 6.44. The van der Waals surface area contributed by atoms with Crippen LogP contribution in [0.5, 0.6) is 0 Å². The van der Waals surface area contributed by atoms with E-state index in [0.717, 1.165) is 19.3 Å². The highest BCUT2D eigenvalue weighted by atomic mass is 32.2. The second kappa shape index (κ2) is 4.64. The van der Waals surface area contributed by atoms with Gasteiger partial charge in [-0.25, -0.2) is 0 Å². The Morgan fingerprint density at radius 1 is 1.11 bits per heavy atom. The molecule has 0 aromatic carbocycles. The van der Waals surface area contributed by atoms with Gasteiger partial charge in [-0.3, -0.25) is 4.68 Å². The van der Waals surface area contributed by atoms with E-state index in [1.54, 1.807) is 14.8 Å². The van der Waals surface area contributed by atoms with Gasteiger partial charge in [-0.2, -0.15) is 22.1 Å². The summed E-state index contributed by atoms with van der Waals surface area (Å²) < 4.78 is 29.8. The zero-order valence-corrected chi connectivity index (χ0v) is 11.1. The molecule has 1 atom stereocenters. The van der Waals surface area contributed by atoms with Crippen LogP contribution >= 0.6 is 0 Å². The maximum atomic E-state index is 12.4. The van der Waals surface area contributed by atoms with Gasteiger partial charge in [0.1, 0.15) is 0 Å². The Balaban J connectivity index is 1.71. The molecule has 2 saturated heterocycles. The van der Waals surface area contributed by atoms with Crippen LogP contribution in [0, 0.1) is 0 Å². The third-order valence-corrected chi connectivity index (χ3v) is 5.74. The maximum Gasteiger partial charge on any atom is 0.282 e. The quantitative estimate of drug-likeness (QED) is 0.802. The molecular formula is C11H18N4O2S. The largest absolute Gasteiger partial charge is 0.282 e. The normalized spacial score (nSPS) is 27.0. The number of nitrogens with zero attached hydrogens (tertiary/aromatic N) is 4. The van der Waals surface area contributed by atoms with Crippen LogP contribution in [-0.4, -0.2) is 53.0 Å². The zero-order valence-electron chi connectivity index (χ0n) is 10.3. The van der Waals surface area contributed by atoms with E-state index in [1.807, 2.05) is 16.9 Å². The Bertz CT molecular complexity index is 493. The average Bonchev–Trinajstić information content (AvgIpc) is 3.12. The molecule has 18 heavy (non-hydrogen) atoms. The first kappa shape index (κ1) is 12.1. The lowest BCUT2D eigenvalue weighted by Gasteiger charge is -2.23. The third-order valence-electron chi connectivity index (χ3n) is 3.74. The third kappa shape index (κ3) is 2.06. The molecule has 2 aliphatic heterocycles. The molecule has 0 saturated carbocycles. The van der Waals surface area contributed by atoms with E-state index in [-0.39, 0.29) is 6.04 Å². The summed E-state index contributed by atoms with van der Waals surface area (Å²) in [5.41, 5.74) is 0. The first-order valence-corrected chi connectivity index (χ1v) is 7.82. The van der Waals surface area contributed by atoms with Gasteiger partial charge in [0, 0.05) is 38.6 Å². The Labute approximate surface area is 107 Å². The van der Waals surface area contributed by atoms with Crippen LogP contribution in [0.15, 0.2) is 18.5 Å². The number of hydrogen-bond acceptors (Lipinski definition) is 3. The van der Waals surface area contributed by atoms with Crippen molar-refractivity contribution in [2.24, 2.45) is 0 Å². The van der Waals surface area contributed by atoms with Crippen molar-refractivity contribution in [2.75, 3.05) is 26.2 Å². The molecule has 3 heterocycles. The fourth-order valence-corrected chi connectivity index (χ4v) is 4.46. The summed E-state index contributed by atoms with van der Waals surface area (Å²) in [4.78, 5) is 0. The minimum Gasteiger partial charge on any atom is -0.268 e. The van der Waals surface area contributed by atoms with E-state index in [0.29, 0.717) is 26.2 Å². The SMILES string of the molecule is O=S(=O)(N1CCCC1)N1CCC(n2cccn2)C1. The van der Waals surface area contributed by atoms with Gasteiger partial charge in [0.05, 0.1) is 6.04 Å². The van der Waals surface area contributed by atoms with Crippen LogP contribution < -0.4 is 0 Å². The van der Waals surface area contributed by atoms with Crippen molar-refractivity contribution < 1.29 is 8.42 Å². The van der Waals surface area contributed by atoms with Gasteiger partial charge in [-0.15, -0.1) is 0 Å². The molecule has 3 rings (SSSR count). The lowest BCUT2D eigenvalue weighted by molar-refractivity contribution is 0.383. The van der Waals surface area contributed by atoms with Gasteiger partial charge in [0.25, 0.3) is 10.2 Å². The Hall–Kier alpha value is -0.920. The maximum absolute atomic E-state index is 12.4. The second-order valence-corrected chi connectivity index (χ2v) is 6.83. The number of rotatable bonds is 3. The van der Waals surface area contributed by atoms with Gasteiger partial charge in [-0.1, -0.05) is 0 Å². The molecule has 1 unspecified atom stereocenters. The number of hydrogen-bond donors (Lipinski definition) is 0. The molecule has 0 bridgehead atoms. The topological polar surface area (TPSA) is 58.4 Å². The average molecular weight is 270 g/mol. The first-order valence-electron chi connectivity index (χ1n) is 6.42. The van der Waals surface area contributed by atoms with Crippen molar-refractivity contribution in [3.05, 3.63) is 18.5 Å². The van der Waals surface area contributed by atoms with Gasteiger partial charge in [0.15, 0.2) is 0 Å². The molecule has 0 radical (unpaired) electrons. The van der Waals surface area contributed by atoms with Crippen LogP contribution in [-0.2, 0) is 10.2 Å². The molecule has 0 N–H and O–H groups in total. The van der Waals surface area contributed by atoms with Crippen LogP contribution in [0.2, 0.25) is 0 Å². The number of aromatic nitrogens is 2. The molecule has 7 heteroatoms. The highest BCUT2D eigenvalue weighted by Crippen LogP contribution is 2.26. The highest BCUT2D eigenvalue weighted by Gasteiger charge is 2.37. The fourth-order valence-electron chi connectivity index (χ4n) is 2.71. The second-order valence-electron chi connectivity index (χ2n) is 4.90. The van der Waals surface area contributed by atoms with Gasteiger partial charge >= 0.3 is 0 Å². The molecule has 1 aromatic rings. The van der Waals surface area contributed by atoms with E-state index in [9.17, 15) is 8.42 Å². The standard InChI is InChI=1S/C11H18N4O2S/c16-18(17,13-6-1-2-7-13)14-9-4-11(10-14)15-8-3-5-12-15/h3,5,8,11H,1-2,4,6-7,9-10H2. The minimum atomic E-state index is -3.24. The Morgan fingerprint density at radius 3 is 2.56 bits per heavy atom. The first-order chi connectivity index (χ1) is 8.68. The van der Waals surface area contributed by atoms with E-state index < -0.39 is 10.2 Å². The van der Waals surface area contributed by atoms with Gasteiger partial charge in [0.2, 0.25) is 0 Å². The summed E-state index contributed by atoms with van der Waals surface area (Å²) in [6, 6.07) is 2.05. The Morgan fingerprint density at radius 2 is 1.89 bits per heavy atom. The fraction of sp³-hybridized carbons (Fsp3) is 0.727. The monoisotopic (exact) mass is 270 g/mol. The molecule has 1 aromatic heterocycles. The molecule has 0 aliphatic carbocycles. The van der Waals surface area contributed by atoms with Crippen LogP contribution in [0.1, 0.15) is 25.3 Å². The lowest BCUT2D eigenvalue weighted by Crippen LogP contribution is -2.41. The molecule has 0 amide bonds. The summed E-state index contributed by atoms with van der Waals surface area (Å²) >= 11 is 0. The van der Waals surface area contributed by atoms with Crippen molar-refractivity contribution in [3.8, 4) is 0 Å². The van der Waals surface area contributed by atoms with E-state index in [1.165, 1.54) is 0 Å². The lowest BCUT2D eigenvalue weighted by atomic mass is 10.3. The molecule has 6 nitrogen and oxygen atoms in total. The van der Waals surface area contributed by atoms with E-state index in [4.69, 9.17) is 0 Å². The van der Waals surface area contributed by atoms with Crippen molar-refractivity contribution >= 4 is 10.2 Å². The minimum absolute atomic E-state index is 0.178. The molecule has 2 aliphatic rings. The summed E-state index contributed by atoms with van der Waals surface area (Å²) in [5, 5.41) is 4.19. The Kier molecular flexibility index (Phi) is 3.13. The zero-order chi connectivity index (χ0) is 12.6. The van der Waals surface area contributed by atoms with E-state index >= 15 is 0 Å². The van der Waals surface area contributed by atoms with Crippen molar-refractivity contribution in [1.29, 1.82) is 0 Å². The highest BCUT2D eigenvalue weighted by molar-refractivity contribution is 7.86. The predicted octanol–water partition coefficient (Wildman–Crippen LogP) is 0.470. The van der Waals surface area contributed by atoms with Crippen molar-refractivity contribution in [1.82, 2.24) is 18.4 Å². The van der Waals surface area contributed by atoms with Gasteiger partial charge < -0.3 is 0 Å². The molecule has 2 fully saturated rings. The molecule has 100 valence electrons. The summed E-state index contributed by atoms with van der Waals surface area (Å²) in [7, 11) is -3.24. The predicted molar refractivity (Wildman–Crippen MR) is 67.2 cm³/mol. The van der Waals surface area contributed by atoms with Gasteiger partial charge in [-0.05, 0) is 25.3 Å². The van der Waals surface area contributed by atoms with E-state index in [2.05, 4.69) is 5.10 Å². The van der Waals surface area contributed by atoms with Crippen molar-refractivity contribution in [2.45, 2.75) is 25.3 Å².